The third kappa shape index (κ3) is 3.32. The van der Waals surface area contributed by atoms with Crippen LogP contribution in [0, 0.1) is 13.8 Å². The van der Waals surface area contributed by atoms with Crippen molar-refractivity contribution in [2.45, 2.75) is 13.8 Å². The topological polar surface area (TPSA) is 99.0 Å². The number of pyridine rings is 1. The maximum atomic E-state index is 4.88. The van der Waals surface area contributed by atoms with Gasteiger partial charge in [-0.3, -0.25) is 0 Å². The highest BCUT2D eigenvalue weighted by atomic mass is 32.1. The Hall–Kier alpha value is -4.35. The van der Waals surface area contributed by atoms with Crippen LogP contribution in [0.2, 0.25) is 0 Å². The summed E-state index contributed by atoms with van der Waals surface area (Å²) in [5.74, 6) is 1.44. The van der Waals surface area contributed by atoms with E-state index in [-0.39, 0.29) is 0 Å². The van der Waals surface area contributed by atoms with Gasteiger partial charge in [0.1, 0.15) is 11.4 Å². The molecule has 0 radical (unpaired) electrons. The Bertz CT molecular complexity index is 1760. The molecule has 0 spiro atoms. The minimum atomic E-state index is 0.720. The number of hydrogen-bond donors (Lipinski definition) is 0. The van der Waals surface area contributed by atoms with Crippen LogP contribution in [0.3, 0.4) is 0 Å². The van der Waals surface area contributed by atoms with E-state index in [1.54, 1.807) is 9.03 Å². The van der Waals surface area contributed by atoms with Crippen molar-refractivity contribution in [3.63, 3.8) is 0 Å². The largest absolute Gasteiger partial charge is 0.243 e. The maximum Gasteiger partial charge on any atom is 0.235 e. The summed E-state index contributed by atoms with van der Waals surface area (Å²) in [7, 11) is 0. The minimum Gasteiger partial charge on any atom is -0.243 e. The van der Waals surface area contributed by atoms with Gasteiger partial charge in [0.2, 0.25) is 9.92 Å². The lowest BCUT2D eigenvalue weighted by Gasteiger charge is -2.02. The molecule has 0 aliphatic heterocycles. The van der Waals surface area contributed by atoms with Gasteiger partial charge in [0.05, 0.1) is 0 Å². The third-order valence-corrected chi connectivity index (χ3v) is 7.78. The fourth-order valence-electron chi connectivity index (χ4n) is 4.10. The zero-order valence-electron chi connectivity index (χ0n) is 19.2. The van der Waals surface area contributed by atoms with Gasteiger partial charge in [-0.05, 0) is 37.1 Å². The van der Waals surface area contributed by atoms with Crippen LogP contribution in [0.25, 0.3) is 54.1 Å². The summed E-state index contributed by atoms with van der Waals surface area (Å²) in [6.45, 7) is 4.11. The Kier molecular flexibility index (Phi) is 4.72. The molecule has 36 heavy (non-hydrogen) atoms. The summed E-state index contributed by atoms with van der Waals surface area (Å²) in [6, 6.07) is 22.0. The fraction of sp³-hybridized carbons (Fsp3) is 0.0800. The molecule has 0 bridgehead atoms. The second-order valence-electron chi connectivity index (χ2n) is 8.29. The van der Waals surface area contributed by atoms with Crippen LogP contribution < -0.4 is 0 Å². The normalized spacial score (nSPS) is 11.6. The predicted molar refractivity (Wildman–Crippen MR) is 140 cm³/mol. The summed E-state index contributed by atoms with van der Waals surface area (Å²) < 4.78 is 3.57. The number of nitrogens with zero attached hydrogens (tertiary/aromatic N) is 9. The molecule has 7 aromatic rings. The van der Waals surface area contributed by atoms with Crippen LogP contribution in [0.1, 0.15) is 11.1 Å². The number of fused-ring (bicyclic) bond motifs is 2. The van der Waals surface area contributed by atoms with Gasteiger partial charge in [-0.1, -0.05) is 77.3 Å². The molecular weight excluding hydrogens is 490 g/mol. The number of aryl methyl sites for hydroxylation is 2. The molecule has 5 heterocycles. The van der Waals surface area contributed by atoms with E-state index < -0.39 is 0 Å². The van der Waals surface area contributed by atoms with E-state index in [2.05, 4.69) is 46.4 Å². The summed E-state index contributed by atoms with van der Waals surface area (Å²) in [5.41, 5.74) is 5.76. The van der Waals surface area contributed by atoms with Crippen LogP contribution in [0.5, 0.6) is 0 Å². The highest BCUT2D eigenvalue weighted by molar-refractivity contribution is 7.20. The molecule has 2 aromatic carbocycles. The first kappa shape index (κ1) is 21.0. The van der Waals surface area contributed by atoms with E-state index >= 15 is 0 Å². The van der Waals surface area contributed by atoms with Crippen LogP contribution in [-0.4, -0.2) is 44.6 Å². The van der Waals surface area contributed by atoms with Crippen molar-refractivity contribution in [3.8, 4) is 44.2 Å². The van der Waals surface area contributed by atoms with Crippen LogP contribution >= 0.6 is 22.7 Å². The Morgan fingerprint density at radius 3 is 1.50 bits per heavy atom. The van der Waals surface area contributed by atoms with Crippen molar-refractivity contribution < 1.29 is 0 Å². The van der Waals surface area contributed by atoms with Gasteiger partial charge < -0.3 is 0 Å². The van der Waals surface area contributed by atoms with Crippen molar-refractivity contribution in [2.24, 2.45) is 0 Å². The fourth-order valence-corrected chi connectivity index (χ4v) is 5.72. The van der Waals surface area contributed by atoms with Crippen molar-refractivity contribution in [1.29, 1.82) is 0 Å². The first-order chi connectivity index (χ1) is 17.7. The number of benzene rings is 2. The van der Waals surface area contributed by atoms with Gasteiger partial charge >= 0.3 is 0 Å². The number of rotatable bonds is 4. The molecule has 0 atom stereocenters. The molecular formula is C25H17N9S2. The predicted octanol–water partition coefficient (Wildman–Crippen LogP) is 5.36. The molecule has 0 unspecified atom stereocenters. The lowest BCUT2D eigenvalue weighted by atomic mass is 10.1. The van der Waals surface area contributed by atoms with E-state index in [1.165, 1.54) is 22.7 Å². The van der Waals surface area contributed by atoms with Crippen LogP contribution in [0.4, 0.5) is 0 Å². The second kappa shape index (κ2) is 8.11. The number of hydrogen-bond acceptors (Lipinski definition) is 9. The molecule has 0 saturated carbocycles. The SMILES string of the molecule is Cc1ccccc1-c1nnc2sc(-c3cccc(-c4nn5c(-c6ccccc6C)nnc5s4)n3)nn12. The van der Waals surface area contributed by atoms with Crippen molar-refractivity contribution in [1.82, 2.24) is 44.6 Å². The van der Waals surface area contributed by atoms with Crippen molar-refractivity contribution in [2.75, 3.05) is 0 Å². The van der Waals surface area contributed by atoms with E-state index in [0.717, 1.165) is 65.2 Å². The minimum absolute atomic E-state index is 0.720. The van der Waals surface area contributed by atoms with E-state index in [1.807, 2.05) is 54.6 Å². The third-order valence-electron chi connectivity index (χ3n) is 5.94. The summed E-state index contributed by atoms with van der Waals surface area (Å²) in [5, 5.41) is 28.5. The molecule has 9 nitrogen and oxygen atoms in total. The lowest BCUT2D eigenvalue weighted by molar-refractivity contribution is 0.960. The van der Waals surface area contributed by atoms with Crippen molar-refractivity contribution >= 4 is 32.6 Å². The standard InChI is InChI=1S/C25H17N9S2/c1-14-8-3-5-10-16(14)20-27-29-24-33(20)31-22(35-24)18-12-7-13-19(26-18)23-32-34-21(28-30-25(34)36-23)17-11-6-4-9-15(17)2/h3-13H,1-2H3. The zero-order chi connectivity index (χ0) is 24.2. The van der Waals surface area contributed by atoms with E-state index in [0.29, 0.717) is 0 Å². The molecule has 0 fully saturated rings. The lowest BCUT2D eigenvalue weighted by Crippen LogP contribution is -1.95. The smallest absolute Gasteiger partial charge is 0.235 e. The monoisotopic (exact) mass is 507 g/mol. The Morgan fingerprint density at radius 2 is 1.03 bits per heavy atom. The maximum absolute atomic E-state index is 4.88. The summed E-state index contributed by atoms with van der Waals surface area (Å²) in [4.78, 5) is 6.31. The Morgan fingerprint density at radius 1 is 0.556 bits per heavy atom. The van der Waals surface area contributed by atoms with Gasteiger partial charge in [-0.15, -0.1) is 20.4 Å². The quantitative estimate of drug-likeness (QED) is 0.316. The van der Waals surface area contributed by atoms with Gasteiger partial charge in [0.15, 0.2) is 21.7 Å². The Balaban J connectivity index is 1.28. The van der Waals surface area contributed by atoms with Gasteiger partial charge in [0, 0.05) is 11.1 Å². The van der Waals surface area contributed by atoms with E-state index in [4.69, 9.17) is 15.2 Å². The molecule has 0 saturated heterocycles. The average Bonchev–Trinajstić information content (AvgIpc) is 3.66. The average molecular weight is 508 g/mol. The number of aromatic nitrogens is 9. The first-order valence-electron chi connectivity index (χ1n) is 11.2. The zero-order valence-corrected chi connectivity index (χ0v) is 20.8. The van der Waals surface area contributed by atoms with Gasteiger partial charge in [-0.25, -0.2) is 4.98 Å². The van der Waals surface area contributed by atoms with Gasteiger partial charge in [0.25, 0.3) is 0 Å². The molecule has 0 amide bonds. The van der Waals surface area contributed by atoms with Crippen molar-refractivity contribution in [3.05, 3.63) is 77.9 Å². The molecule has 5 aromatic heterocycles. The molecule has 0 aliphatic rings. The van der Waals surface area contributed by atoms with Crippen LogP contribution in [-0.2, 0) is 0 Å². The van der Waals surface area contributed by atoms with Gasteiger partial charge in [-0.2, -0.15) is 19.2 Å². The highest BCUT2D eigenvalue weighted by Gasteiger charge is 2.19. The Labute approximate surface area is 212 Å². The first-order valence-corrected chi connectivity index (χ1v) is 12.8. The molecule has 0 aliphatic carbocycles. The van der Waals surface area contributed by atoms with E-state index in [9.17, 15) is 0 Å². The second-order valence-corrected chi connectivity index (χ2v) is 10.2. The summed E-state index contributed by atoms with van der Waals surface area (Å²) in [6.07, 6.45) is 0. The summed E-state index contributed by atoms with van der Waals surface area (Å²) >= 11 is 2.91. The molecule has 11 heteroatoms. The highest BCUT2D eigenvalue weighted by Crippen LogP contribution is 2.32. The van der Waals surface area contributed by atoms with Crippen LogP contribution in [0.15, 0.2) is 66.7 Å². The molecule has 0 N–H and O–H groups in total. The molecule has 174 valence electrons. The molecule has 7 rings (SSSR count).